The van der Waals surface area contributed by atoms with Crippen molar-refractivity contribution in [2.45, 2.75) is 26.7 Å². The first-order valence-electron chi connectivity index (χ1n) is 7.40. The topological polar surface area (TPSA) is 41.6 Å². The molecule has 106 valence electrons. The van der Waals surface area contributed by atoms with Crippen LogP contribution in [-0.4, -0.2) is 9.55 Å². The summed E-state index contributed by atoms with van der Waals surface area (Å²) < 4.78 is 2.10. The standard InChI is InChI=1S/C18H19N3/c1-13-9-17(10-14(13)2)18(21-8-7-20-12-21)16-5-3-15(11-19)4-6-16/h3-8,12-14H,9-10H2,1-2H3. The molecule has 3 nitrogen and oxygen atoms in total. The normalized spacial score (nSPS) is 21.3. The van der Waals surface area contributed by atoms with Gasteiger partial charge in [-0.15, -0.1) is 0 Å². The van der Waals surface area contributed by atoms with E-state index in [0.717, 1.165) is 30.2 Å². The molecule has 1 saturated carbocycles. The molecule has 1 heterocycles. The second-order valence-corrected chi connectivity index (χ2v) is 5.97. The number of benzene rings is 1. The molecule has 1 aromatic heterocycles. The molecule has 0 spiro atoms. The molecule has 3 heteroatoms. The van der Waals surface area contributed by atoms with Crippen LogP contribution < -0.4 is 0 Å². The van der Waals surface area contributed by atoms with Crippen molar-refractivity contribution in [3.63, 3.8) is 0 Å². The van der Waals surface area contributed by atoms with Crippen LogP contribution in [-0.2, 0) is 0 Å². The van der Waals surface area contributed by atoms with Crippen molar-refractivity contribution in [1.29, 1.82) is 5.26 Å². The molecule has 3 rings (SSSR count). The van der Waals surface area contributed by atoms with Gasteiger partial charge in [-0.05, 0) is 47.9 Å². The SMILES string of the molecule is CC1CC(=C(c2ccc(C#N)cc2)n2ccnc2)CC1C. The highest BCUT2D eigenvalue weighted by Crippen LogP contribution is 2.39. The van der Waals surface area contributed by atoms with Crippen molar-refractivity contribution < 1.29 is 0 Å². The maximum Gasteiger partial charge on any atom is 0.0991 e. The third-order valence-electron chi connectivity index (χ3n) is 4.49. The van der Waals surface area contributed by atoms with Gasteiger partial charge in [0.1, 0.15) is 0 Å². The van der Waals surface area contributed by atoms with Gasteiger partial charge in [-0.3, -0.25) is 0 Å². The van der Waals surface area contributed by atoms with Crippen LogP contribution >= 0.6 is 0 Å². The highest BCUT2D eigenvalue weighted by atomic mass is 15.0. The third-order valence-corrected chi connectivity index (χ3v) is 4.49. The van der Waals surface area contributed by atoms with Gasteiger partial charge in [-0.2, -0.15) is 5.26 Å². The number of nitrogens with zero attached hydrogens (tertiary/aromatic N) is 3. The Bertz CT molecular complexity index is 675. The van der Waals surface area contributed by atoms with Gasteiger partial charge in [0.2, 0.25) is 0 Å². The van der Waals surface area contributed by atoms with Crippen molar-refractivity contribution in [3.05, 3.63) is 59.7 Å². The monoisotopic (exact) mass is 277 g/mol. The molecule has 2 atom stereocenters. The Balaban J connectivity index is 2.09. The van der Waals surface area contributed by atoms with Gasteiger partial charge in [0.05, 0.1) is 23.7 Å². The average Bonchev–Trinajstić information content (AvgIpc) is 3.12. The lowest BCUT2D eigenvalue weighted by atomic mass is 10.0. The van der Waals surface area contributed by atoms with Crippen molar-refractivity contribution in [3.8, 4) is 6.07 Å². The van der Waals surface area contributed by atoms with Gasteiger partial charge in [0.25, 0.3) is 0 Å². The Labute approximate surface area is 125 Å². The smallest absolute Gasteiger partial charge is 0.0991 e. The van der Waals surface area contributed by atoms with Gasteiger partial charge < -0.3 is 4.57 Å². The molecule has 1 fully saturated rings. The van der Waals surface area contributed by atoms with Gasteiger partial charge in [-0.25, -0.2) is 4.98 Å². The quantitative estimate of drug-likeness (QED) is 0.830. The first-order valence-corrected chi connectivity index (χ1v) is 7.40. The fourth-order valence-electron chi connectivity index (χ4n) is 3.09. The van der Waals surface area contributed by atoms with Gasteiger partial charge in [0, 0.05) is 12.4 Å². The van der Waals surface area contributed by atoms with Crippen LogP contribution in [0.5, 0.6) is 0 Å². The zero-order chi connectivity index (χ0) is 14.8. The number of aromatic nitrogens is 2. The van der Waals surface area contributed by atoms with E-state index in [1.807, 2.05) is 43.0 Å². The Hall–Kier alpha value is -2.34. The second kappa shape index (κ2) is 5.57. The molecule has 1 aliphatic rings. The number of hydrogen-bond donors (Lipinski definition) is 0. The zero-order valence-corrected chi connectivity index (χ0v) is 12.5. The predicted octanol–water partition coefficient (Wildman–Crippen LogP) is 4.08. The Kier molecular flexibility index (Phi) is 3.62. The van der Waals surface area contributed by atoms with E-state index >= 15 is 0 Å². The van der Waals surface area contributed by atoms with Crippen molar-refractivity contribution >= 4 is 5.70 Å². The highest BCUT2D eigenvalue weighted by Gasteiger charge is 2.26. The Morgan fingerprint density at radius 2 is 1.86 bits per heavy atom. The minimum absolute atomic E-state index is 0.696. The Morgan fingerprint density at radius 3 is 2.38 bits per heavy atom. The molecular formula is C18H19N3. The van der Waals surface area contributed by atoms with E-state index < -0.39 is 0 Å². The van der Waals surface area contributed by atoms with E-state index in [9.17, 15) is 0 Å². The highest BCUT2D eigenvalue weighted by molar-refractivity contribution is 5.69. The first kappa shape index (κ1) is 13.6. The molecule has 0 bridgehead atoms. The molecule has 0 N–H and O–H groups in total. The average molecular weight is 277 g/mol. The number of allylic oxidation sites excluding steroid dienone is 1. The van der Waals surface area contributed by atoms with Crippen LogP contribution in [0, 0.1) is 23.2 Å². The molecule has 1 aliphatic carbocycles. The number of rotatable bonds is 2. The molecule has 2 unspecified atom stereocenters. The summed E-state index contributed by atoms with van der Waals surface area (Å²) >= 11 is 0. The van der Waals surface area contributed by atoms with E-state index in [-0.39, 0.29) is 0 Å². The van der Waals surface area contributed by atoms with E-state index in [0.29, 0.717) is 5.56 Å². The van der Waals surface area contributed by atoms with Crippen LogP contribution in [0.2, 0.25) is 0 Å². The van der Waals surface area contributed by atoms with Crippen LogP contribution in [0.1, 0.15) is 37.8 Å². The maximum absolute atomic E-state index is 8.95. The molecule has 0 radical (unpaired) electrons. The molecule has 2 aromatic rings. The van der Waals surface area contributed by atoms with Crippen molar-refractivity contribution in [2.75, 3.05) is 0 Å². The van der Waals surface area contributed by atoms with Crippen molar-refractivity contribution in [2.24, 2.45) is 11.8 Å². The number of imidazole rings is 1. The second-order valence-electron chi connectivity index (χ2n) is 5.97. The first-order chi connectivity index (χ1) is 10.2. The van der Waals surface area contributed by atoms with Gasteiger partial charge in [-0.1, -0.05) is 26.0 Å². The maximum atomic E-state index is 8.95. The summed E-state index contributed by atoms with van der Waals surface area (Å²) in [4.78, 5) is 4.19. The minimum Gasteiger partial charge on any atom is -0.306 e. The van der Waals surface area contributed by atoms with E-state index in [1.54, 1.807) is 0 Å². The largest absolute Gasteiger partial charge is 0.306 e. The predicted molar refractivity (Wildman–Crippen MR) is 83.3 cm³/mol. The lowest BCUT2D eigenvalue weighted by molar-refractivity contribution is 0.457. The van der Waals surface area contributed by atoms with Crippen LogP contribution in [0.15, 0.2) is 48.6 Å². The lowest BCUT2D eigenvalue weighted by Crippen LogP contribution is -2.00. The van der Waals surface area contributed by atoms with E-state index in [2.05, 4.69) is 29.5 Å². The van der Waals surface area contributed by atoms with E-state index in [4.69, 9.17) is 5.26 Å². The summed E-state index contributed by atoms with van der Waals surface area (Å²) in [6.07, 6.45) is 7.93. The molecule has 0 aliphatic heterocycles. The summed E-state index contributed by atoms with van der Waals surface area (Å²) in [5, 5.41) is 8.95. The lowest BCUT2D eigenvalue weighted by Gasteiger charge is -2.13. The van der Waals surface area contributed by atoms with Crippen LogP contribution in [0.3, 0.4) is 0 Å². The Morgan fingerprint density at radius 1 is 1.19 bits per heavy atom. The third kappa shape index (κ3) is 2.62. The summed E-state index contributed by atoms with van der Waals surface area (Å²) in [5.74, 6) is 1.44. The van der Waals surface area contributed by atoms with Gasteiger partial charge in [0.15, 0.2) is 0 Å². The summed E-state index contributed by atoms with van der Waals surface area (Å²) in [6.45, 7) is 4.64. The molecule has 0 amide bonds. The fraction of sp³-hybridized carbons (Fsp3) is 0.333. The van der Waals surface area contributed by atoms with E-state index in [1.165, 1.54) is 11.3 Å². The van der Waals surface area contributed by atoms with Crippen LogP contribution in [0.25, 0.3) is 5.70 Å². The molecule has 0 saturated heterocycles. The zero-order valence-electron chi connectivity index (χ0n) is 12.5. The fourth-order valence-corrected chi connectivity index (χ4v) is 3.09. The number of hydrogen-bond acceptors (Lipinski definition) is 2. The molecular weight excluding hydrogens is 258 g/mol. The van der Waals surface area contributed by atoms with Gasteiger partial charge >= 0.3 is 0 Å². The van der Waals surface area contributed by atoms with Crippen molar-refractivity contribution in [1.82, 2.24) is 9.55 Å². The minimum atomic E-state index is 0.696. The summed E-state index contributed by atoms with van der Waals surface area (Å²) in [6, 6.07) is 10.0. The number of nitriles is 1. The summed E-state index contributed by atoms with van der Waals surface area (Å²) in [7, 11) is 0. The summed E-state index contributed by atoms with van der Waals surface area (Å²) in [5.41, 5.74) is 4.57. The van der Waals surface area contributed by atoms with Crippen LogP contribution in [0.4, 0.5) is 0 Å². The molecule has 21 heavy (non-hydrogen) atoms. The molecule has 1 aromatic carbocycles.